The van der Waals surface area contributed by atoms with Gasteiger partial charge in [-0.15, -0.1) is 11.3 Å². The molecule has 3 nitrogen and oxygen atoms in total. The number of hydrogen-bond donors (Lipinski definition) is 1. The van der Waals surface area contributed by atoms with E-state index in [9.17, 15) is 0 Å². The molecule has 0 fully saturated rings. The topological polar surface area (TPSA) is 29.9 Å². The van der Waals surface area contributed by atoms with Crippen molar-refractivity contribution in [3.8, 4) is 0 Å². The summed E-state index contributed by atoms with van der Waals surface area (Å²) in [4.78, 5) is 1.38. The molecule has 2 heterocycles. The van der Waals surface area contributed by atoms with E-state index < -0.39 is 0 Å². The molecule has 0 aliphatic rings. The predicted molar refractivity (Wildman–Crippen MR) is 77.0 cm³/mol. The van der Waals surface area contributed by atoms with Crippen molar-refractivity contribution in [2.45, 2.75) is 39.8 Å². The van der Waals surface area contributed by atoms with E-state index in [0.29, 0.717) is 12.1 Å². The van der Waals surface area contributed by atoms with Gasteiger partial charge in [-0.1, -0.05) is 6.07 Å². The molecule has 2 rings (SSSR count). The van der Waals surface area contributed by atoms with E-state index in [0.717, 1.165) is 5.69 Å². The van der Waals surface area contributed by atoms with Crippen LogP contribution in [0.2, 0.25) is 0 Å². The quantitative estimate of drug-likeness (QED) is 0.915. The number of nitrogens with one attached hydrogen (secondary N) is 1. The van der Waals surface area contributed by atoms with Crippen LogP contribution >= 0.6 is 11.3 Å². The summed E-state index contributed by atoms with van der Waals surface area (Å²) in [6.45, 7) is 8.63. The summed E-state index contributed by atoms with van der Waals surface area (Å²) in [6, 6.07) is 4.97. The van der Waals surface area contributed by atoms with Gasteiger partial charge < -0.3 is 5.32 Å². The van der Waals surface area contributed by atoms with Crippen molar-refractivity contribution < 1.29 is 0 Å². The van der Waals surface area contributed by atoms with Gasteiger partial charge in [0.15, 0.2) is 0 Å². The van der Waals surface area contributed by atoms with Gasteiger partial charge in [0.05, 0.1) is 5.69 Å². The van der Waals surface area contributed by atoms with Gasteiger partial charge in [0.25, 0.3) is 0 Å². The highest BCUT2D eigenvalue weighted by Gasteiger charge is 2.18. The van der Waals surface area contributed by atoms with Crippen molar-refractivity contribution in [2.24, 2.45) is 7.05 Å². The van der Waals surface area contributed by atoms with Crippen molar-refractivity contribution in [1.29, 1.82) is 0 Å². The van der Waals surface area contributed by atoms with Crippen molar-refractivity contribution >= 4 is 11.3 Å². The van der Waals surface area contributed by atoms with E-state index in [1.165, 1.54) is 16.1 Å². The maximum absolute atomic E-state index is 4.48. The monoisotopic (exact) mass is 263 g/mol. The van der Waals surface area contributed by atoms with Gasteiger partial charge in [-0.25, -0.2) is 0 Å². The first-order valence-electron chi connectivity index (χ1n) is 6.30. The van der Waals surface area contributed by atoms with Crippen LogP contribution in [0.3, 0.4) is 0 Å². The molecule has 98 valence electrons. The molecule has 0 aliphatic carbocycles. The number of rotatable bonds is 4. The molecule has 0 aliphatic heterocycles. The zero-order valence-corrected chi connectivity index (χ0v) is 12.5. The smallest absolute Gasteiger partial charge is 0.0644 e. The molecular formula is C14H21N3S. The van der Waals surface area contributed by atoms with Gasteiger partial charge >= 0.3 is 0 Å². The van der Waals surface area contributed by atoms with Crippen molar-refractivity contribution in [3.05, 3.63) is 39.3 Å². The molecule has 0 saturated carbocycles. The molecule has 18 heavy (non-hydrogen) atoms. The minimum Gasteiger partial charge on any atom is -0.303 e. The Bertz CT molecular complexity index is 513. The summed E-state index contributed by atoms with van der Waals surface area (Å²) >= 11 is 1.80. The second kappa shape index (κ2) is 5.24. The second-order valence-corrected chi connectivity index (χ2v) is 5.81. The fourth-order valence-electron chi connectivity index (χ4n) is 2.49. The minimum absolute atomic E-state index is 0.316. The lowest BCUT2D eigenvalue weighted by molar-refractivity contribution is 0.496. The minimum atomic E-state index is 0.316. The molecule has 0 aromatic carbocycles. The zero-order valence-electron chi connectivity index (χ0n) is 11.7. The van der Waals surface area contributed by atoms with Crippen LogP contribution in [0.25, 0.3) is 0 Å². The normalized spacial score (nSPS) is 14.7. The highest BCUT2D eigenvalue weighted by molar-refractivity contribution is 7.10. The number of nitrogens with zero attached hydrogens (tertiary/aromatic N) is 2. The molecule has 0 spiro atoms. The lowest BCUT2D eigenvalue weighted by Crippen LogP contribution is -2.22. The van der Waals surface area contributed by atoms with E-state index >= 15 is 0 Å². The van der Waals surface area contributed by atoms with Crippen LogP contribution in [0.1, 0.15) is 47.8 Å². The zero-order chi connectivity index (χ0) is 13.3. The first kappa shape index (κ1) is 13.3. The molecule has 0 amide bonds. The van der Waals surface area contributed by atoms with Gasteiger partial charge in [0.2, 0.25) is 0 Å². The molecule has 2 atom stereocenters. The van der Waals surface area contributed by atoms with Crippen LogP contribution in [0.4, 0.5) is 0 Å². The molecule has 1 N–H and O–H groups in total. The van der Waals surface area contributed by atoms with E-state index in [1.807, 2.05) is 11.7 Å². The lowest BCUT2D eigenvalue weighted by Gasteiger charge is -2.19. The highest BCUT2D eigenvalue weighted by atomic mass is 32.1. The summed E-state index contributed by atoms with van der Waals surface area (Å²) in [5.74, 6) is 0. The Morgan fingerprint density at radius 2 is 2.00 bits per heavy atom. The Kier molecular flexibility index (Phi) is 3.88. The third-order valence-electron chi connectivity index (χ3n) is 3.47. The molecule has 2 aromatic rings. The van der Waals surface area contributed by atoms with E-state index in [2.05, 4.69) is 55.6 Å². The summed E-state index contributed by atoms with van der Waals surface area (Å²) in [5, 5.41) is 10.3. The Hall–Kier alpha value is -1.13. The molecule has 0 saturated heterocycles. The Balaban J connectivity index is 2.15. The van der Waals surface area contributed by atoms with Crippen LogP contribution in [0.5, 0.6) is 0 Å². The third kappa shape index (κ3) is 2.49. The summed E-state index contributed by atoms with van der Waals surface area (Å²) < 4.78 is 1.96. The van der Waals surface area contributed by atoms with Crippen LogP contribution in [0, 0.1) is 13.8 Å². The van der Waals surface area contributed by atoms with Gasteiger partial charge in [-0.05, 0) is 39.1 Å². The number of aryl methyl sites for hydroxylation is 2. The SMILES string of the molecule is Cc1nn(C)c(C)c1C(C)N[C@@H](C)c1cccs1. The fourth-order valence-corrected chi connectivity index (χ4v) is 3.24. The Labute approximate surface area is 113 Å². The van der Waals surface area contributed by atoms with Crippen LogP contribution in [-0.2, 0) is 7.05 Å². The van der Waals surface area contributed by atoms with Gasteiger partial charge in [-0.2, -0.15) is 5.10 Å². The highest BCUT2D eigenvalue weighted by Crippen LogP contribution is 2.25. The average Bonchev–Trinajstić information content (AvgIpc) is 2.88. The van der Waals surface area contributed by atoms with Crippen molar-refractivity contribution in [2.75, 3.05) is 0 Å². The standard InChI is InChI=1S/C14H21N3S/c1-9(13-7-6-8-18-13)15-10(2)14-11(3)16-17(5)12(14)4/h6-10,15H,1-5H3/t9-,10?/m0/s1. The van der Waals surface area contributed by atoms with Gasteiger partial charge in [-0.3, -0.25) is 4.68 Å². The summed E-state index contributed by atoms with van der Waals surface area (Å²) in [6.07, 6.45) is 0. The number of hydrogen-bond acceptors (Lipinski definition) is 3. The van der Waals surface area contributed by atoms with Crippen LogP contribution in [0.15, 0.2) is 17.5 Å². The first-order chi connectivity index (χ1) is 8.50. The number of thiophene rings is 1. The van der Waals surface area contributed by atoms with E-state index in [4.69, 9.17) is 0 Å². The van der Waals surface area contributed by atoms with Crippen LogP contribution in [-0.4, -0.2) is 9.78 Å². The van der Waals surface area contributed by atoms with Crippen molar-refractivity contribution in [3.63, 3.8) is 0 Å². The van der Waals surface area contributed by atoms with Gasteiger partial charge in [0.1, 0.15) is 0 Å². The average molecular weight is 263 g/mol. The Morgan fingerprint density at radius 1 is 1.28 bits per heavy atom. The van der Waals surface area contributed by atoms with E-state index in [-0.39, 0.29) is 0 Å². The van der Waals surface area contributed by atoms with Crippen molar-refractivity contribution in [1.82, 2.24) is 15.1 Å². The fraction of sp³-hybridized carbons (Fsp3) is 0.500. The predicted octanol–water partition coefficient (Wildman–Crippen LogP) is 3.51. The first-order valence-corrected chi connectivity index (χ1v) is 7.18. The van der Waals surface area contributed by atoms with Gasteiger partial charge in [0, 0.05) is 35.3 Å². The lowest BCUT2D eigenvalue weighted by atomic mass is 10.1. The summed E-state index contributed by atoms with van der Waals surface area (Å²) in [7, 11) is 2.00. The number of aromatic nitrogens is 2. The third-order valence-corrected chi connectivity index (χ3v) is 4.52. The molecular weight excluding hydrogens is 242 g/mol. The Morgan fingerprint density at radius 3 is 2.50 bits per heavy atom. The summed E-state index contributed by atoms with van der Waals surface area (Å²) in [5.41, 5.74) is 3.68. The maximum Gasteiger partial charge on any atom is 0.0644 e. The molecule has 4 heteroatoms. The molecule has 0 radical (unpaired) electrons. The molecule has 2 aromatic heterocycles. The largest absolute Gasteiger partial charge is 0.303 e. The molecule has 1 unspecified atom stereocenters. The maximum atomic E-state index is 4.48. The second-order valence-electron chi connectivity index (χ2n) is 4.83. The molecule has 0 bridgehead atoms. The van der Waals surface area contributed by atoms with E-state index in [1.54, 1.807) is 11.3 Å². The van der Waals surface area contributed by atoms with Crippen LogP contribution < -0.4 is 5.32 Å².